The quantitative estimate of drug-likeness (QED) is 0.723. The van der Waals surface area contributed by atoms with Crippen molar-refractivity contribution in [2.24, 2.45) is 5.73 Å². The number of rotatable bonds is 6. The summed E-state index contributed by atoms with van der Waals surface area (Å²) >= 11 is 0. The molecule has 1 rings (SSSR count). The molecule has 0 aliphatic heterocycles. The molecule has 0 radical (unpaired) electrons. The van der Waals surface area contributed by atoms with Gasteiger partial charge in [-0.2, -0.15) is 0 Å². The summed E-state index contributed by atoms with van der Waals surface area (Å²) in [6.45, 7) is 2.76. The number of hydrogen-bond donors (Lipinski definition) is 2. The highest BCUT2D eigenvalue weighted by molar-refractivity contribution is 7.89. The fourth-order valence-corrected chi connectivity index (χ4v) is 2.73. The van der Waals surface area contributed by atoms with Gasteiger partial charge in [0.25, 0.3) is 0 Å². The molecule has 0 heterocycles. The highest BCUT2D eigenvalue weighted by Crippen LogP contribution is 2.16. The van der Waals surface area contributed by atoms with Crippen molar-refractivity contribution in [1.29, 1.82) is 0 Å². The lowest BCUT2D eigenvalue weighted by molar-refractivity contribution is 0.204. The zero-order valence-electron chi connectivity index (χ0n) is 10.1. The first-order valence-electron chi connectivity index (χ1n) is 5.29. The molecular weight excluding hydrogens is 240 g/mol. The van der Waals surface area contributed by atoms with Crippen molar-refractivity contribution in [3.8, 4) is 0 Å². The van der Waals surface area contributed by atoms with Gasteiger partial charge in [-0.05, 0) is 24.1 Å². The molecule has 0 unspecified atom stereocenters. The van der Waals surface area contributed by atoms with E-state index in [-0.39, 0.29) is 11.4 Å². The molecule has 0 saturated carbocycles. The Hall–Kier alpha value is -0.950. The van der Waals surface area contributed by atoms with Crippen LogP contribution in [0.3, 0.4) is 0 Å². The van der Waals surface area contributed by atoms with E-state index in [0.717, 1.165) is 5.56 Å². The van der Waals surface area contributed by atoms with Gasteiger partial charge in [-0.25, -0.2) is 13.1 Å². The van der Waals surface area contributed by atoms with E-state index in [9.17, 15) is 8.42 Å². The summed E-state index contributed by atoms with van der Waals surface area (Å²) in [5.41, 5.74) is 7.10. The third-order valence-corrected chi connectivity index (χ3v) is 3.98. The molecule has 0 aliphatic carbocycles. The molecule has 1 aromatic rings. The first kappa shape index (κ1) is 14.1. The Balaban J connectivity index is 2.91. The van der Waals surface area contributed by atoms with Crippen LogP contribution >= 0.6 is 0 Å². The monoisotopic (exact) mass is 258 g/mol. The summed E-state index contributed by atoms with van der Waals surface area (Å²) in [7, 11) is -1.94. The van der Waals surface area contributed by atoms with Gasteiger partial charge in [-0.15, -0.1) is 0 Å². The van der Waals surface area contributed by atoms with Crippen molar-refractivity contribution in [3.63, 3.8) is 0 Å². The van der Waals surface area contributed by atoms with Gasteiger partial charge in [-0.3, -0.25) is 0 Å². The van der Waals surface area contributed by atoms with Crippen LogP contribution in [0.5, 0.6) is 0 Å². The van der Waals surface area contributed by atoms with E-state index in [2.05, 4.69) is 4.72 Å². The number of nitrogens with one attached hydrogen (secondary N) is 1. The van der Waals surface area contributed by atoms with Crippen LogP contribution in [0.15, 0.2) is 23.1 Å². The summed E-state index contributed by atoms with van der Waals surface area (Å²) in [6.07, 6.45) is 0. The fourth-order valence-electron chi connectivity index (χ4n) is 1.50. The van der Waals surface area contributed by atoms with Gasteiger partial charge in [0.05, 0.1) is 11.5 Å². The van der Waals surface area contributed by atoms with E-state index in [4.69, 9.17) is 10.5 Å². The first-order chi connectivity index (χ1) is 8.01. The van der Waals surface area contributed by atoms with Crippen LogP contribution in [0, 0.1) is 6.92 Å². The predicted octanol–water partition coefficient (Wildman–Crippen LogP) is 0.378. The molecule has 0 fully saturated rings. The summed E-state index contributed by atoms with van der Waals surface area (Å²) < 4.78 is 31.1. The third kappa shape index (κ3) is 3.78. The summed E-state index contributed by atoms with van der Waals surface area (Å²) in [5.74, 6) is 0. The lowest BCUT2D eigenvalue weighted by Crippen LogP contribution is -2.27. The van der Waals surface area contributed by atoms with Gasteiger partial charge < -0.3 is 10.5 Å². The lowest BCUT2D eigenvalue weighted by atomic mass is 10.1. The standard InChI is InChI=1S/C11H18N2O3S/c1-9-7-10(8-12)3-4-11(9)17(14,15)13-5-6-16-2/h3-4,7,13H,5-6,8,12H2,1-2H3. The molecule has 17 heavy (non-hydrogen) atoms. The average molecular weight is 258 g/mol. The Morgan fingerprint density at radius 2 is 2.12 bits per heavy atom. The molecule has 96 valence electrons. The van der Waals surface area contributed by atoms with Crippen molar-refractivity contribution in [2.45, 2.75) is 18.4 Å². The molecular formula is C11H18N2O3S. The van der Waals surface area contributed by atoms with Gasteiger partial charge >= 0.3 is 0 Å². The highest BCUT2D eigenvalue weighted by Gasteiger charge is 2.15. The number of hydrogen-bond acceptors (Lipinski definition) is 4. The van der Waals surface area contributed by atoms with Gasteiger partial charge in [0, 0.05) is 20.2 Å². The van der Waals surface area contributed by atoms with Gasteiger partial charge in [0.15, 0.2) is 0 Å². The summed E-state index contributed by atoms with van der Waals surface area (Å²) in [4.78, 5) is 0.283. The first-order valence-corrected chi connectivity index (χ1v) is 6.78. The van der Waals surface area contributed by atoms with Crippen LogP contribution in [-0.2, 0) is 21.3 Å². The second-order valence-electron chi connectivity index (χ2n) is 3.69. The topological polar surface area (TPSA) is 81.4 Å². The molecule has 3 N–H and O–H groups in total. The van der Waals surface area contributed by atoms with Crippen molar-refractivity contribution in [2.75, 3.05) is 20.3 Å². The maximum atomic E-state index is 11.9. The number of methoxy groups -OCH3 is 1. The van der Waals surface area contributed by atoms with Crippen LogP contribution in [-0.4, -0.2) is 28.7 Å². The number of ether oxygens (including phenoxy) is 1. The average Bonchev–Trinajstić information content (AvgIpc) is 2.28. The van der Waals surface area contributed by atoms with Crippen LogP contribution in [0.2, 0.25) is 0 Å². The number of sulfonamides is 1. The van der Waals surface area contributed by atoms with Gasteiger partial charge in [-0.1, -0.05) is 12.1 Å². The third-order valence-electron chi connectivity index (χ3n) is 2.36. The second-order valence-corrected chi connectivity index (χ2v) is 5.43. The normalized spacial score (nSPS) is 11.7. The van der Waals surface area contributed by atoms with Crippen LogP contribution in [0.1, 0.15) is 11.1 Å². The van der Waals surface area contributed by atoms with Crippen LogP contribution < -0.4 is 10.5 Å². The van der Waals surface area contributed by atoms with E-state index in [1.54, 1.807) is 25.1 Å². The molecule has 0 bridgehead atoms. The fraction of sp³-hybridized carbons (Fsp3) is 0.455. The summed E-state index contributed by atoms with van der Waals surface area (Å²) in [6, 6.07) is 5.08. The number of aryl methyl sites for hydroxylation is 1. The number of benzene rings is 1. The molecule has 0 amide bonds. The van der Waals surface area contributed by atoms with Crippen molar-refractivity contribution < 1.29 is 13.2 Å². The molecule has 0 spiro atoms. The van der Waals surface area contributed by atoms with Crippen LogP contribution in [0.4, 0.5) is 0 Å². The molecule has 0 saturated heterocycles. The minimum atomic E-state index is -3.46. The number of nitrogens with two attached hydrogens (primary N) is 1. The van der Waals surface area contributed by atoms with E-state index in [1.165, 1.54) is 7.11 Å². The Morgan fingerprint density at radius 3 is 2.65 bits per heavy atom. The van der Waals surface area contributed by atoms with Crippen molar-refractivity contribution >= 4 is 10.0 Å². The van der Waals surface area contributed by atoms with E-state index >= 15 is 0 Å². The Labute approximate surface area is 102 Å². The SMILES string of the molecule is COCCNS(=O)(=O)c1ccc(CN)cc1C. The summed E-state index contributed by atoms with van der Waals surface area (Å²) in [5, 5.41) is 0. The Bertz CT molecular complexity index is 472. The molecule has 0 aromatic heterocycles. The van der Waals surface area contributed by atoms with Crippen molar-refractivity contribution in [1.82, 2.24) is 4.72 Å². The van der Waals surface area contributed by atoms with E-state index in [0.29, 0.717) is 18.7 Å². The Morgan fingerprint density at radius 1 is 1.41 bits per heavy atom. The minimum absolute atomic E-state index is 0.261. The smallest absolute Gasteiger partial charge is 0.240 e. The molecule has 6 heteroatoms. The molecule has 0 atom stereocenters. The zero-order chi connectivity index (χ0) is 12.9. The maximum absolute atomic E-state index is 11.9. The zero-order valence-corrected chi connectivity index (χ0v) is 10.9. The lowest BCUT2D eigenvalue weighted by Gasteiger charge is -2.10. The van der Waals surface area contributed by atoms with Gasteiger partial charge in [0.1, 0.15) is 0 Å². The van der Waals surface area contributed by atoms with E-state index < -0.39 is 10.0 Å². The van der Waals surface area contributed by atoms with Crippen molar-refractivity contribution in [3.05, 3.63) is 29.3 Å². The minimum Gasteiger partial charge on any atom is -0.383 e. The molecule has 0 aliphatic rings. The second kappa shape index (κ2) is 6.11. The highest BCUT2D eigenvalue weighted by atomic mass is 32.2. The Kier molecular flexibility index (Phi) is 5.07. The predicted molar refractivity (Wildman–Crippen MR) is 66.1 cm³/mol. The molecule has 1 aromatic carbocycles. The maximum Gasteiger partial charge on any atom is 0.240 e. The van der Waals surface area contributed by atoms with Gasteiger partial charge in [0.2, 0.25) is 10.0 Å². The largest absolute Gasteiger partial charge is 0.383 e. The van der Waals surface area contributed by atoms with Crippen LogP contribution in [0.25, 0.3) is 0 Å². The molecule has 5 nitrogen and oxygen atoms in total. The van der Waals surface area contributed by atoms with E-state index in [1.807, 2.05) is 0 Å².